The Bertz CT molecular complexity index is 413. The average Bonchev–Trinajstić information content (AvgIpc) is 2.18. The first-order valence-electron chi connectivity index (χ1n) is 3.81. The SMILES string of the molecule is NC(=S)NNC(=O)c1ccc(F)c(Cl)c1. The van der Waals surface area contributed by atoms with Crippen LogP contribution < -0.4 is 16.6 Å². The fourth-order valence-corrected chi connectivity index (χ4v) is 1.06. The number of nitrogens with two attached hydrogens (primary N) is 1. The molecule has 0 unspecified atom stereocenters. The van der Waals surface area contributed by atoms with Crippen molar-refractivity contribution in [3.05, 3.63) is 34.6 Å². The van der Waals surface area contributed by atoms with Crippen LogP contribution in [-0.4, -0.2) is 11.0 Å². The minimum Gasteiger partial charge on any atom is -0.375 e. The summed E-state index contributed by atoms with van der Waals surface area (Å²) in [5.41, 5.74) is 9.75. The van der Waals surface area contributed by atoms with E-state index in [2.05, 4.69) is 23.1 Å². The van der Waals surface area contributed by atoms with Crippen molar-refractivity contribution in [1.29, 1.82) is 0 Å². The Labute approximate surface area is 95.6 Å². The summed E-state index contributed by atoms with van der Waals surface area (Å²) in [6, 6.07) is 3.59. The first kappa shape index (κ1) is 11.7. The Hall–Kier alpha value is -1.40. The van der Waals surface area contributed by atoms with Gasteiger partial charge in [0.05, 0.1) is 5.02 Å². The van der Waals surface area contributed by atoms with Crippen LogP contribution in [0.25, 0.3) is 0 Å². The summed E-state index contributed by atoms with van der Waals surface area (Å²) in [6.45, 7) is 0. The number of carbonyl (C=O) groups is 1. The third kappa shape index (κ3) is 3.34. The molecule has 0 bridgehead atoms. The molecular formula is C8H7ClFN3OS. The van der Waals surface area contributed by atoms with Gasteiger partial charge in [-0.1, -0.05) is 11.6 Å². The first-order chi connectivity index (χ1) is 7.00. The zero-order valence-electron chi connectivity index (χ0n) is 7.38. The van der Waals surface area contributed by atoms with Crippen molar-refractivity contribution >= 4 is 34.8 Å². The highest BCUT2D eigenvalue weighted by Gasteiger charge is 2.07. The molecule has 0 aliphatic carbocycles. The second-order valence-electron chi connectivity index (χ2n) is 2.57. The van der Waals surface area contributed by atoms with E-state index in [4.69, 9.17) is 17.3 Å². The quantitative estimate of drug-likeness (QED) is 0.511. The molecule has 0 aliphatic rings. The highest BCUT2D eigenvalue weighted by molar-refractivity contribution is 7.80. The lowest BCUT2D eigenvalue weighted by Crippen LogP contribution is -2.44. The van der Waals surface area contributed by atoms with Crippen LogP contribution in [0.15, 0.2) is 18.2 Å². The maximum absolute atomic E-state index is 12.8. The molecule has 1 aromatic carbocycles. The molecule has 0 radical (unpaired) electrons. The summed E-state index contributed by atoms with van der Waals surface area (Å²) in [5, 5.41) is -0.200. The predicted octanol–water partition coefficient (Wildman–Crippen LogP) is 0.957. The monoisotopic (exact) mass is 247 g/mol. The van der Waals surface area contributed by atoms with E-state index in [0.29, 0.717) is 0 Å². The number of hydrogen-bond acceptors (Lipinski definition) is 2. The smallest absolute Gasteiger partial charge is 0.269 e. The van der Waals surface area contributed by atoms with Gasteiger partial charge in [0.25, 0.3) is 5.91 Å². The summed E-state index contributed by atoms with van der Waals surface area (Å²) in [4.78, 5) is 11.3. The molecule has 0 saturated carbocycles. The number of benzene rings is 1. The third-order valence-electron chi connectivity index (χ3n) is 1.48. The number of carbonyl (C=O) groups excluding carboxylic acids is 1. The Morgan fingerprint density at radius 3 is 2.67 bits per heavy atom. The molecule has 1 rings (SSSR count). The minimum atomic E-state index is -0.587. The lowest BCUT2D eigenvalue weighted by molar-refractivity contribution is 0.0944. The van der Waals surface area contributed by atoms with Gasteiger partial charge >= 0.3 is 0 Å². The van der Waals surface area contributed by atoms with Crippen molar-refractivity contribution in [3.63, 3.8) is 0 Å². The number of hydrogen-bond donors (Lipinski definition) is 3. The molecule has 4 nitrogen and oxygen atoms in total. The molecule has 0 aliphatic heterocycles. The second kappa shape index (κ2) is 4.90. The van der Waals surface area contributed by atoms with Gasteiger partial charge in [-0.3, -0.25) is 15.6 Å². The summed E-state index contributed by atoms with van der Waals surface area (Å²) in [5.74, 6) is -1.10. The molecule has 80 valence electrons. The molecule has 0 fully saturated rings. The number of hydrazine groups is 1. The maximum atomic E-state index is 12.8. The molecule has 15 heavy (non-hydrogen) atoms. The number of nitrogens with one attached hydrogen (secondary N) is 2. The van der Waals surface area contributed by atoms with E-state index in [1.54, 1.807) is 0 Å². The van der Waals surface area contributed by atoms with Crippen LogP contribution in [0.2, 0.25) is 5.02 Å². The van der Waals surface area contributed by atoms with Gasteiger partial charge in [0.15, 0.2) is 5.11 Å². The highest BCUT2D eigenvalue weighted by atomic mass is 35.5. The van der Waals surface area contributed by atoms with Crippen LogP contribution in [-0.2, 0) is 0 Å². The fraction of sp³-hybridized carbons (Fsp3) is 0. The Balaban J connectivity index is 2.74. The Morgan fingerprint density at radius 1 is 1.47 bits per heavy atom. The molecule has 1 aromatic rings. The maximum Gasteiger partial charge on any atom is 0.269 e. The Kier molecular flexibility index (Phi) is 3.81. The predicted molar refractivity (Wildman–Crippen MR) is 58.8 cm³/mol. The lowest BCUT2D eigenvalue weighted by atomic mass is 10.2. The van der Waals surface area contributed by atoms with Gasteiger partial charge in [0.2, 0.25) is 0 Å². The number of halogens is 2. The number of rotatable bonds is 1. The molecule has 0 heterocycles. The van der Waals surface area contributed by atoms with Gasteiger partial charge in [0.1, 0.15) is 5.82 Å². The molecule has 0 saturated heterocycles. The topological polar surface area (TPSA) is 67.2 Å². The molecule has 0 atom stereocenters. The van der Waals surface area contributed by atoms with Gasteiger partial charge in [0, 0.05) is 5.56 Å². The van der Waals surface area contributed by atoms with Gasteiger partial charge in [-0.25, -0.2) is 4.39 Å². The van der Waals surface area contributed by atoms with E-state index in [9.17, 15) is 9.18 Å². The van der Waals surface area contributed by atoms with Crippen molar-refractivity contribution in [1.82, 2.24) is 10.9 Å². The van der Waals surface area contributed by atoms with Crippen LogP contribution in [0.4, 0.5) is 4.39 Å². The van der Waals surface area contributed by atoms with Crippen LogP contribution in [0, 0.1) is 5.82 Å². The summed E-state index contributed by atoms with van der Waals surface area (Å²) >= 11 is 9.97. The van der Waals surface area contributed by atoms with Gasteiger partial charge in [-0.05, 0) is 30.4 Å². The fourth-order valence-electron chi connectivity index (χ4n) is 0.828. The van der Waals surface area contributed by atoms with Gasteiger partial charge in [-0.2, -0.15) is 0 Å². The van der Waals surface area contributed by atoms with Crippen molar-refractivity contribution < 1.29 is 9.18 Å². The van der Waals surface area contributed by atoms with Crippen LogP contribution >= 0.6 is 23.8 Å². The van der Waals surface area contributed by atoms with Crippen molar-refractivity contribution in [3.8, 4) is 0 Å². The van der Waals surface area contributed by atoms with Crippen molar-refractivity contribution in [2.45, 2.75) is 0 Å². The minimum absolute atomic E-state index is 0.0726. The Morgan fingerprint density at radius 2 is 2.13 bits per heavy atom. The highest BCUT2D eigenvalue weighted by Crippen LogP contribution is 2.15. The number of amides is 1. The van der Waals surface area contributed by atoms with E-state index in [1.165, 1.54) is 12.1 Å². The summed E-state index contributed by atoms with van der Waals surface area (Å²) in [7, 11) is 0. The molecule has 4 N–H and O–H groups in total. The van der Waals surface area contributed by atoms with Gasteiger partial charge in [-0.15, -0.1) is 0 Å². The third-order valence-corrected chi connectivity index (χ3v) is 1.87. The van der Waals surface area contributed by atoms with Crippen LogP contribution in [0.3, 0.4) is 0 Å². The second-order valence-corrected chi connectivity index (χ2v) is 3.42. The van der Waals surface area contributed by atoms with E-state index in [1.807, 2.05) is 0 Å². The summed E-state index contributed by atoms with van der Waals surface area (Å²) < 4.78 is 12.8. The van der Waals surface area contributed by atoms with E-state index in [-0.39, 0.29) is 15.7 Å². The van der Waals surface area contributed by atoms with Crippen molar-refractivity contribution in [2.24, 2.45) is 5.73 Å². The van der Waals surface area contributed by atoms with Crippen LogP contribution in [0.1, 0.15) is 10.4 Å². The van der Waals surface area contributed by atoms with Crippen LogP contribution in [0.5, 0.6) is 0 Å². The standard InChI is InChI=1S/C8H7ClFN3OS/c9-5-3-4(1-2-6(5)10)7(14)12-13-8(11)15/h1-3H,(H,12,14)(H3,11,13,15). The zero-order valence-corrected chi connectivity index (χ0v) is 8.95. The normalized spacial score (nSPS) is 9.47. The number of thiocarbonyl (C=S) groups is 1. The van der Waals surface area contributed by atoms with E-state index in [0.717, 1.165) is 6.07 Å². The van der Waals surface area contributed by atoms with Gasteiger partial charge < -0.3 is 5.73 Å². The van der Waals surface area contributed by atoms with E-state index < -0.39 is 11.7 Å². The molecular weight excluding hydrogens is 241 g/mol. The van der Waals surface area contributed by atoms with E-state index >= 15 is 0 Å². The molecule has 0 aromatic heterocycles. The summed E-state index contributed by atoms with van der Waals surface area (Å²) in [6.07, 6.45) is 0. The van der Waals surface area contributed by atoms with Crippen molar-refractivity contribution in [2.75, 3.05) is 0 Å². The first-order valence-corrected chi connectivity index (χ1v) is 4.60. The molecule has 7 heteroatoms. The average molecular weight is 248 g/mol. The largest absolute Gasteiger partial charge is 0.375 e. The zero-order chi connectivity index (χ0) is 11.4. The lowest BCUT2D eigenvalue weighted by Gasteiger charge is -2.06. The molecule has 1 amide bonds. The molecule has 0 spiro atoms.